The Labute approximate surface area is 104 Å². The van der Waals surface area contributed by atoms with Crippen molar-refractivity contribution in [2.45, 2.75) is 52.4 Å². The molecule has 0 aliphatic heterocycles. The van der Waals surface area contributed by atoms with Crippen molar-refractivity contribution >= 4 is 6.29 Å². The molecule has 1 nitrogen and oxygen atoms in total. The van der Waals surface area contributed by atoms with Crippen molar-refractivity contribution in [3.05, 3.63) is 34.4 Å². The number of hydrogen-bond acceptors (Lipinski definition) is 1. The van der Waals surface area contributed by atoms with Gasteiger partial charge in [-0.1, -0.05) is 30.5 Å². The fraction of sp³-hybridized carbons (Fsp3) is 0.562. The molecule has 1 aromatic rings. The lowest BCUT2D eigenvalue weighted by Gasteiger charge is -2.22. The molecule has 1 unspecified atom stereocenters. The molecule has 0 radical (unpaired) electrons. The van der Waals surface area contributed by atoms with Crippen LogP contribution in [-0.4, -0.2) is 6.29 Å². The summed E-state index contributed by atoms with van der Waals surface area (Å²) in [6.45, 7) is 6.40. The van der Waals surface area contributed by atoms with E-state index < -0.39 is 0 Å². The highest BCUT2D eigenvalue weighted by molar-refractivity contribution is 5.65. The Morgan fingerprint density at radius 1 is 1.12 bits per heavy atom. The van der Waals surface area contributed by atoms with Crippen LogP contribution in [0.2, 0.25) is 0 Å². The SMILES string of the molecule is Cc1cc(C)c(C(C=O)C2CCCC2)c(C)c1. The molecule has 92 valence electrons. The lowest BCUT2D eigenvalue weighted by Crippen LogP contribution is -2.14. The van der Waals surface area contributed by atoms with Crippen molar-refractivity contribution < 1.29 is 4.79 Å². The summed E-state index contributed by atoms with van der Waals surface area (Å²) in [5, 5.41) is 0. The van der Waals surface area contributed by atoms with E-state index in [1.807, 2.05) is 0 Å². The quantitative estimate of drug-likeness (QED) is 0.715. The summed E-state index contributed by atoms with van der Waals surface area (Å²) in [5.41, 5.74) is 5.15. The van der Waals surface area contributed by atoms with E-state index in [-0.39, 0.29) is 5.92 Å². The molecule has 1 fully saturated rings. The first-order valence-electron chi connectivity index (χ1n) is 6.66. The van der Waals surface area contributed by atoms with Crippen LogP contribution in [0, 0.1) is 26.7 Å². The van der Waals surface area contributed by atoms with Gasteiger partial charge < -0.3 is 4.79 Å². The van der Waals surface area contributed by atoms with Gasteiger partial charge >= 0.3 is 0 Å². The van der Waals surface area contributed by atoms with Gasteiger partial charge in [-0.3, -0.25) is 0 Å². The molecule has 1 atom stereocenters. The van der Waals surface area contributed by atoms with Gasteiger partial charge in [0.05, 0.1) is 0 Å². The molecule has 0 bridgehead atoms. The normalized spacial score (nSPS) is 18.3. The topological polar surface area (TPSA) is 17.1 Å². The molecule has 0 aromatic heterocycles. The Bertz CT molecular complexity index is 391. The second-order valence-corrected chi connectivity index (χ2v) is 5.52. The van der Waals surface area contributed by atoms with Crippen LogP contribution < -0.4 is 0 Å². The predicted octanol–water partition coefficient (Wildman–Crippen LogP) is 4.08. The number of rotatable bonds is 3. The second-order valence-electron chi connectivity index (χ2n) is 5.52. The van der Waals surface area contributed by atoms with Crippen LogP contribution in [-0.2, 0) is 4.79 Å². The van der Waals surface area contributed by atoms with Crippen molar-refractivity contribution in [3.63, 3.8) is 0 Å². The lowest BCUT2D eigenvalue weighted by molar-refractivity contribution is -0.110. The van der Waals surface area contributed by atoms with Gasteiger partial charge in [-0.25, -0.2) is 0 Å². The van der Waals surface area contributed by atoms with Gasteiger partial charge in [-0.15, -0.1) is 0 Å². The molecule has 0 heterocycles. The largest absolute Gasteiger partial charge is 0.303 e. The third-order valence-corrected chi connectivity index (χ3v) is 4.13. The Kier molecular flexibility index (Phi) is 3.66. The maximum Gasteiger partial charge on any atom is 0.127 e. The summed E-state index contributed by atoms with van der Waals surface area (Å²) in [5.74, 6) is 0.700. The highest BCUT2D eigenvalue weighted by Gasteiger charge is 2.28. The first-order valence-corrected chi connectivity index (χ1v) is 6.66. The summed E-state index contributed by atoms with van der Waals surface area (Å²) in [4.78, 5) is 11.5. The number of carbonyl (C=O) groups excluding carboxylic acids is 1. The fourth-order valence-corrected chi connectivity index (χ4v) is 3.45. The van der Waals surface area contributed by atoms with Crippen LogP contribution >= 0.6 is 0 Å². The molecule has 1 saturated carbocycles. The molecule has 0 saturated heterocycles. The molecule has 1 aliphatic rings. The first kappa shape index (κ1) is 12.3. The van der Waals surface area contributed by atoms with E-state index in [2.05, 4.69) is 32.9 Å². The van der Waals surface area contributed by atoms with Crippen LogP contribution in [0.15, 0.2) is 12.1 Å². The summed E-state index contributed by atoms with van der Waals surface area (Å²) in [6, 6.07) is 4.40. The fourth-order valence-electron chi connectivity index (χ4n) is 3.45. The summed E-state index contributed by atoms with van der Waals surface area (Å²) >= 11 is 0. The van der Waals surface area contributed by atoms with Gasteiger partial charge in [-0.05, 0) is 56.2 Å². The number of hydrogen-bond donors (Lipinski definition) is 0. The van der Waals surface area contributed by atoms with E-state index in [1.165, 1.54) is 54.2 Å². The Morgan fingerprint density at radius 2 is 1.65 bits per heavy atom. The molecule has 1 aromatic carbocycles. The number of aryl methyl sites for hydroxylation is 3. The van der Waals surface area contributed by atoms with Gasteiger partial charge in [-0.2, -0.15) is 0 Å². The van der Waals surface area contributed by atoms with Crippen molar-refractivity contribution in [1.29, 1.82) is 0 Å². The monoisotopic (exact) mass is 230 g/mol. The highest BCUT2D eigenvalue weighted by Crippen LogP contribution is 2.38. The minimum absolute atomic E-state index is 0.123. The smallest absolute Gasteiger partial charge is 0.127 e. The van der Waals surface area contributed by atoms with E-state index in [1.54, 1.807) is 0 Å². The molecule has 0 spiro atoms. The van der Waals surface area contributed by atoms with Crippen LogP contribution in [0.3, 0.4) is 0 Å². The average molecular weight is 230 g/mol. The standard InChI is InChI=1S/C16H22O/c1-11-8-12(2)16(13(3)9-11)15(10-17)14-6-4-5-7-14/h8-10,14-15H,4-7H2,1-3H3. The summed E-state index contributed by atoms with van der Waals surface area (Å²) in [7, 11) is 0. The van der Waals surface area contributed by atoms with E-state index in [0.717, 1.165) is 0 Å². The van der Waals surface area contributed by atoms with Crippen molar-refractivity contribution in [1.82, 2.24) is 0 Å². The number of aldehydes is 1. The van der Waals surface area contributed by atoms with E-state index >= 15 is 0 Å². The molecule has 0 amide bonds. The molecule has 1 heteroatoms. The van der Waals surface area contributed by atoms with Crippen molar-refractivity contribution in [3.8, 4) is 0 Å². The third kappa shape index (κ3) is 2.43. The van der Waals surface area contributed by atoms with Crippen molar-refractivity contribution in [2.75, 3.05) is 0 Å². The van der Waals surface area contributed by atoms with E-state index in [4.69, 9.17) is 0 Å². The van der Waals surface area contributed by atoms with Crippen LogP contribution in [0.5, 0.6) is 0 Å². The Hall–Kier alpha value is -1.11. The zero-order chi connectivity index (χ0) is 12.4. The molecular weight excluding hydrogens is 208 g/mol. The summed E-state index contributed by atoms with van der Waals surface area (Å²) in [6.07, 6.45) is 6.20. The molecule has 0 N–H and O–H groups in total. The third-order valence-electron chi connectivity index (χ3n) is 4.13. The number of carbonyl (C=O) groups is 1. The van der Waals surface area contributed by atoms with E-state index in [0.29, 0.717) is 5.92 Å². The lowest BCUT2D eigenvalue weighted by atomic mass is 9.81. The molecular formula is C16H22O. The number of benzene rings is 1. The maximum atomic E-state index is 11.5. The van der Waals surface area contributed by atoms with E-state index in [9.17, 15) is 4.79 Å². The van der Waals surface area contributed by atoms with Gasteiger partial charge in [0.2, 0.25) is 0 Å². The van der Waals surface area contributed by atoms with Crippen LogP contribution in [0.4, 0.5) is 0 Å². The van der Waals surface area contributed by atoms with Gasteiger partial charge in [0.25, 0.3) is 0 Å². The molecule has 1 aliphatic carbocycles. The zero-order valence-corrected chi connectivity index (χ0v) is 11.1. The zero-order valence-electron chi connectivity index (χ0n) is 11.1. The van der Waals surface area contributed by atoms with Crippen LogP contribution in [0.1, 0.15) is 53.9 Å². The van der Waals surface area contributed by atoms with Crippen LogP contribution in [0.25, 0.3) is 0 Å². The van der Waals surface area contributed by atoms with Gasteiger partial charge in [0, 0.05) is 5.92 Å². The predicted molar refractivity (Wildman–Crippen MR) is 71.4 cm³/mol. The van der Waals surface area contributed by atoms with Gasteiger partial charge in [0.1, 0.15) is 6.29 Å². The Balaban J connectivity index is 2.39. The second kappa shape index (κ2) is 5.03. The van der Waals surface area contributed by atoms with Crippen molar-refractivity contribution in [2.24, 2.45) is 5.92 Å². The van der Waals surface area contributed by atoms with Gasteiger partial charge in [0.15, 0.2) is 0 Å². The Morgan fingerprint density at radius 3 is 2.12 bits per heavy atom. The molecule has 17 heavy (non-hydrogen) atoms. The maximum absolute atomic E-state index is 11.5. The summed E-state index contributed by atoms with van der Waals surface area (Å²) < 4.78 is 0. The average Bonchev–Trinajstić information content (AvgIpc) is 2.76. The minimum atomic E-state index is 0.123. The minimum Gasteiger partial charge on any atom is -0.303 e. The highest BCUT2D eigenvalue weighted by atomic mass is 16.1. The molecule has 2 rings (SSSR count). The first-order chi connectivity index (χ1) is 8.13.